The molecule has 0 aliphatic heterocycles. The van der Waals surface area contributed by atoms with Crippen LogP contribution in [0.15, 0.2) is 30.6 Å². The van der Waals surface area contributed by atoms with E-state index in [-0.39, 0.29) is 0 Å². The summed E-state index contributed by atoms with van der Waals surface area (Å²) in [5.41, 5.74) is 2.38. The largest absolute Gasteiger partial charge is 0.331 e. The summed E-state index contributed by atoms with van der Waals surface area (Å²) < 4.78 is 2.28. The van der Waals surface area contributed by atoms with Gasteiger partial charge in [0.05, 0.1) is 17.4 Å². The molecule has 1 aromatic carbocycles. The van der Waals surface area contributed by atoms with Gasteiger partial charge in [0.25, 0.3) is 0 Å². The zero-order valence-electron chi connectivity index (χ0n) is 12.1. The van der Waals surface area contributed by atoms with Crippen molar-refractivity contribution in [3.05, 3.63) is 30.6 Å². The quantitative estimate of drug-likeness (QED) is 0.567. The number of para-hydroxylation sites is 2. The molecule has 0 N–H and O–H groups in total. The highest BCUT2D eigenvalue weighted by Crippen LogP contribution is 2.14. The molecule has 2 nitrogen and oxygen atoms in total. The molecule has 1 heterocycles. The third-order valence-corrected chi connectivity index (χ3v) is 3.78. The van der Waals surface area contributed by atoms with E-state index in [1.54, 1.807) is 0 Å². The molecule has 0 bridgehead atoms. The van der Waals surface area contributed by atoms with Crippen LogP contribution in [-0.4, -0.2) is 9.55 Å². The minimum absolute atomic E-state index is 1.11. The lowest BCUT2D eigenvalue weighted by molar-refractivity contribution is 0.548. The van der Waals surface area contributed by atoms with E-state index < -0.39 is 0 Å². The molecule has 0 fully saturated rings. The van der Waals surface area contributed by atoms with Gasteiger partial charge in [0.1, 0.15) is 0 Å². The topological polar surface area (TPSA) is 17.8 Å². The lowest BCUT2D eigenvalue weighted by atomic mass is 10.1. The highest BCUT2D eigenvalue weighted by atomic mass is 15.0. The summed E-state index contributed by atoms with van der Waals surface area (Å²) in [7, 11) is 0. The molecule has 1 aromatic heterocycles. The lowest BCUT2D eigenvalue weighted by Crippen LogP contribution is -1.95. The smallest absolute Gasteiger partial charge is 0.0958 e. The van der Waals surface area contributed by atoms with Gasteiger partial charge in [-0.05, 0) is 18.6 Å². The van der Waals surface area contributed by atoms with Crippen LogP contribution in [0, 0.1) is 0 Å². The fourth-order valence-electron chi connectivity index (χ4n) is 2.60. The maximum atomic E-state index is 4.43. The minimum Gasteiger partial charge on any atom is -0.331 e. The van der Waals surface area contributed by atoms with Gasteiger partial charge in [-0.1, -0.05) is 64.0 Å². The molecular weight excluding hydrogens is 232 g/mol. The van der Waals surface area contributed by atoms with Crippen LogP contribution in [0.3, 0.4) is 0 Å². The Morgan fingerprint density at radius 2 is 1.58 bits per heavy atom. The average Bonchev–Trinajstić information content (AvgIpc) is 2.85. The Kier molecular flexibility index (Phi) is 5.93. The molecule has 0 radical (unpaired) electrons. The Morgan fingerprint density at radius 3 is 2.37 bits per heavy atom. The molecule has 2 aromatic rings. The van der Waals surface area contributed by atoms with Crippen LogP contribution in [0.1, 0.15) is 58.3 Å². The summed E-state index contributed by atoms with van der Waals surface area (Å²) in [5.74, 6) is 0. The summed E-state index contributed by atoms with van der Waals surface area (Å²) in [6.07, 6.45) is 13.0. The Hall–Kier alpha value is -1.31. The number of rotatable bonds is 9. The van der Waals surface area contributed by atoms with Crippen LogP contribution in [0.5, 0.6) is 0 Å². The van der Waals surface area contributed by atoms with E-state index in [1.165, 1.54) is 56.9 Å². The molecule has 0 saturated carbocycles. The number of nitrogens with zero attached hydrogens (tertiary/aromatic N) is 2. The van der Waals surface area contributed by atoms with Crippen LogP contribution in [0.2, 0.25) is 0 Å². The minimum atomic E-state index is 1.11. The number of unbranched alkanes of at least 4 members (excludes halogenated alkanes) is 7. The van der Waals surface area contributed by atoms with E-state index in [9.17, 15) is 0 Å². The van der Waals surface area contributed by atoms with Crippen LogP contribution in [-0.2, 0) is 6.54 Å². The Balaban J connectivity index is 1.63. The highest BCUT2D eigenvalue weighted by molar-refractivity contribution is 5.74. The van der Waals surface area contributed by atoms with Crippen molar-refractivity contribution in [3.8, 4) is 0 Å². The molecule has 0 atom stereocenters. The van der Waals surface area contributed by atoms with Crippen molar-refractivity contribution in [2.24, 2.45) is 0 Å². The first kappa shape index (κ1) is 14.1. The van der Waals surface area contributed by atoms with Gasteiger partial charge < -0.3 is 4.57 Å². The number of benzene rings is 1. The van der Waals surface area contributed by atoms with Crippen molar-refractivity contribution < 1.29 is 0 Å². The fourth-order valence-corrected chi connectivity index (χ4v) is 2.60. The van der Waals surface area contributed by atoms with Crippen molar-refractivity contribution in [3.63, 3.8) is 0 Å². The molecule has 104 valence electrons. The molecule has 0 spiro atoms. The van der Waals surface area contributed by atoms with Gasteiger partial charge in [0, 0.05) is 6.54 Å². The zero-order chi connectivity index (χ0) is 13.3. The number of hydrogen-bond donors (Lipinski definition) is 0. The third-order valence-electron chi connectivity index (χ3n) is 3.78. The average molecular weight is 258 g/mol. The van der Waals surface area contributed by atoms with E-state index in [0.29, 0.717) is 0 Å². The van der Waals surface area contributed by atoms with E-state index in [4.69, 9.17) is 0 Å². The van der Waals surface area contributed by atoms with Crippen molar-refractivity contribution >= 4 is 11.0 Å². The predicted octanol–water partition coefficient (Wildman–Crippen LogP) is 5.18. The van der Waals surface area contributed by atoms with Crippen molar-refractivity contribution in [2.45, 2.75) is 64.8 Å². The Labute approximate surface area is 116 Å². The Bertz CT molecular complexity index is 473. The number of aromatic nitrogens is 2. The lowest BCUT2D eigenvalue weighted by Gasteiger charge is -2.04. The summed E-state index contributed by atoms with van der Waals surface area (Å²) >= 11 is 0. The first-order valence-electron chi connectivity index (χ1n) is 7.81. The maximum absolute atomic E-state index is 4.43. The van der Waals surface area contributed by atoms with Crippen LogP contribution >= 0.6 is 0 Å². The van der Waals surface area contributed by atoms with Gasteiger partial charge in [0.15, 0.2) is 0 Å². The maximum Gasteiger partial charge on any atom is 0.0958 e. The van der Waals surface area contributed by atoms with Gasteiger partial charge in [-0.15, -0.1) is 0 Å². The van der Waals surface area contributed by atoms with E-state index in [2.05, 4.69) is 40.7 Å². The van der Waals surface area contributed by atoms with Gasteiger partial charge in [0.2, 0.25) is 0 Å². The normalized spacial score (nSPS) is 11.2. The predicted molar refractivity (Wildman–Crippen MR) is 82.3 cm³/mol. The molecule has 0 unspecified atom stereocenters. The van der Waals surface area contributed by atoms with Crippen molar-refractivity contribution in [1.82, 2.24) is 9.55 Å². The molecule has 0 aliphatic carbocycles. The summed E-state index contributed by atoms with van der Waals surface area (Å²) in [4.78, 5) is 4.43. The number of hydrogen-bond acceptors (Lipinski definition) is 1. The molecule has 2 heteroatoms. The van der Waals surface area contributed by atoms with E-state index in [0.717, 1.165) is 12.1 Å². The first-order chi connectivity index (χ1) is 9.42. The third kappa shape index (κ3) is 4.38. The molecule has 0 amide bonds. The zero-order valence-corrected chi connectivity index (χ0v) is 12.1. The van der Waals surface area contributed by atoms with Gasteiger partial charge >= 0.3 is 0 Å². The van der Waals surface area contributed by atoms with Gasteiger partial charge in [-0.3, -0.25) is 0 Å². The van der Waals surface area contributed by atoms with Gasteiger partial charge in [-0.25, -0.2) is 4.98 Å². The first-order valence-corrected chi connectivity index (χ1v) is 7.81. The standard InChI is InChI=1S/C17H26N2/c1-2-3-4-5-6-7-8-11-14-19-15-18-16-12-9-10-13-17(16)19/h9-10,12-13,15H,2-8,11,14H2,1H3. The van der Waals surface area contributed by atoms with Crippen LogP contribution in [0.25, 0.3) is 11.0 Å². The Morgan fingerprint density at radius 1 is 0.895 bits per heavy atom. The number of imidazole rings is 1. The molecule has 0 aliphatic rings. The second kappa shape index (κ2) is 7.98. The SMILES string of the molecule is CCCCCCCCCCn1cnc2ccccc21. The second-order valence-corrected chi connectivity index (χ2v) is 5.40. The van der Waals surface area contributed by atoms with Crippen molar-refractivity contribution in [1.29, 1.82) is 0 Å². The van der Waals surface area contributed by atoms with E-state index in [1.807, 2.05) is 6.33 Å². The number of aryl methyl sites for hydroxylation is 1. The molecule has 2 rings (SSSR count). The van der Waals surface area contributed by atoms with Crippen molar-refractivity contribution in [2.75, 3.05) is 0 Å². The van der Waals surface area contributed by atoms with Crippen LogP contribution in [0.4, 0.5) is 0 Å². The summed E-state index contributed by atoms with van der Waals surface area (Å²) in [6, 6.07) is 8.39. The van der Waals surface area contributed by atoms with Gasteiger partial charge in [-0.2, -0.15) is 0 Å². The van der Waals surface area contributed by atoms with E-state index >= 15 is 0 Å². The molecular formula is C17H26N2. The monoisotopic (exact) mass is 258 g/mol. The second-order valence-electron chi connectivity index (χ2n) is 5.40. The van der Waals surface area contributed by atoms with Crippen LogP contribution < -0.4 is 0 Å². The summed E-state index contributed by atoms with van der Waals surface area (Å²) in [5, 5.41) is 0. The molecule has 19 heavy (non-hydrogen) atoms. The fraction of sp³-hybridized carbons (Fsp3) is 0.588. The number of fused-ring (bicyclic) bond motifs is 1. The molecule has 0 saturated heterocycles. The highest BCUT2D eigenvalue weighted by Gasteiger charge is 2.00. The summed E-state index contributed by atoms with van der Waals surface area (Å²) in [6.45, 7) is 3.38.